The van der Waals surface area contributed by atoms with Gasteiger partial charge in [-0.25, -0.2) is 4.68 Å². The van der Waals surface area contributed by atoms with Gasteiger partial charge in [-0.05, 0) is 48.3 Å². The number of hydrogen-bond donors (Lipinski definition) is 0. The number of aryl methyl sites for hydroxylation is 1. The Bertz CT molecular complexity index is 644. The van der Waals surface area contributed by atoms with Crippen LogP contribution in [0.5, 0.6) is 0 Å². The third kappa shape index (κ3) is 2.54. The van der Waals surface area contributed by atoms with E-state index in [2.05, 4.69) is 27.6 Å². The van der Waals surface area contributed by atoms with Crippen LogP contribution in [0.1, 0.15) is 27.3 Å². The normalized spacial score (nSPS) is 10.5. The van der Waals surface area contributed by atoms with Crippen LogP contribution < -0.4 is 0 Å². The first kappa shape index (κ1) is 13.7. The van der Waals surface area contributed by atoms with Gasteiger partial charge in [-0.2, -0.15) is 5.10 Å². The highest BCUT2D eigenvalue weighted by atomic mass is 79.9. The molecule has 0 atom stereocenters. The van der Waals surface area contributed by atoms with Gasteiger partial charge in [0.25, 0.3) is 5.91 Å². The highest BCUT2D eigenvalue weighted by molar-refractivity contribution is 9.10. The van der Waals surface area contributed by atoms with Gasteiger partial charge < -0.3 is 0 Å². The lowest BCUT2D eigenvalue weighted by atomic mass is 10.1. The van der Waals surface area contributed by atoms with Crippen molar-refractivity contribution in [3.8, 4) is 0 Å². The Morgan fingerprint density at radius 1 is 1.42 bits per heavy atom. The average Bonchev–Trinajstić information content (AvgIpc) is 2.67. The molecule has 0 N–H and O–H groups in total. The molecule has 2 rings (SSSR count). The summed E-state index contributed by atoms with van der Waals surface area (Å²) in [7, 11) is 0. The Labute approximate surface area is 121 Å². The lowest BCUT2D eigenvalue weighted by Gasteiger charge is -2.05. The topological polar surface area (TPSA) is 34.9 Å². The second-order valence-corrected chi connectivity index (χ2v) is 5.19. The molecule has 0 amide bonds. The Balaban J connectivity index is 2.48. The zero-order chi connectivity index (χ0) is 14.0. The summed E-state index contributed by atoms with van der Waals surface area (Å²) >= 11 is 3.40. The summed E-state index contributed by atoms with van der Waals surface area (Å²) in [6.45, 7) is 7.56. The minimum Gasteiger partial charge on any atom is -0.267 e. The number of benzene rings is 1. The van der Waals surface area contributed by atoms with Crippen LogP contribution in [0.15, 0.2) is 41.4 Å². The molecule has 98 valence electrons. The van der Waals surface area contributed by atoms with Crippen LogP contribution in [0.25, 0.3) is 0 Å². The van der Waals surface area contributed by atoms with Gasteiger partial charge in [0.15, 0.2) is 0 Å². The number of allylic oxidation sites excluding steroid dienone is 1. The molecule has 0 spiro atoms. The monoisotopic (exact) mass is 318 g/mol. The van der Waals surface area contributed by atoms with Crippen molar-refractivity contribution in [2.45, 2.75) is 20.3 Å². The minimum absolute atomic E-state index is 0.122. The van der Waals surface area contributed by atoms with E-state index in [-0.39, 0.29) is 5.91 Å². The molecular formula is C15H15BrN2O. The van der Waals surface area contributed by atoms with Crippen molar-refractivity contribution < 1.29 is 4.79 Å². The summed E-state index contributed by atoms with van der Waals surface area (Å²) in [4.78, 5) is 12.5. The van der Waals surface area contributed by atoms with Crippen molar-refractivity contribution in [2.75, 3.05) is 0 Å². The van der Waals surface area contributed by atoms with Crippen LogP contribution in [-0.2, 0) is 6.42 Å². The van der Waals surface area contributed by atoms with Crippen LogP contribution in [-0.4, -0.2) is 15.7 Å². The number of rotatable bonds is 3. The van der Waals surface area contributed by atoms with Gasteiger partial charge in [-0.1, -0.05) is 18.2 Å². The lowest BCUT2D eigenvalue weighted by molar-refractivity contribution is 0.0941. The molecule has 0 aliphatic heterocycles. The van der Waals surface area contributed by atoms with Crippen molar-refractivity contribution in [1.82, 2.24) is 9.78 Å². The predicted molar refractivity (Wildman–Crippen MR) is 79.5 cm³/mol. The summed E-state index contributed by atoms with van der Waals surface area (Å²) in [5.74, 6) is -0.122. The van der Waals surface area contributed by atoms with E-state index in [1.54, 1.807) is 6.07 Å². The molecule has 1 heterocycles. The molecule has 19 heavy (non-hydrogen) atoms. The second kappa shape index (κ2) is 5.53. The molecule has 0 aliphatic rings. The fraction of sp³-hybridized carbons (Fsp3) is 0.200. The first-order valence-electron chi connectivity index (χ1n) is 6.01. The summed E-state index contributed by atoms with van der Waals surface area (Å²) < 4.78 is 2.24. The van der Waals surface area contributed by atoms with E-state index in [1.807, 2.05) is 38.1 Å². The number of carbonyl (C=O) groups excluding carboxylic acids is 1. The zero-order valence-electron chi connectivity index (χ0n) is 11.0. The summed E-state index contributed by atoms with van der Waals surface area (Å²) in [5, 5.41) is 4.34. The molecule has 0 unspecified atom stereocenters. The Hall–Kier alpha value is -1.68. The number of carbonyl (C=O) groups is 1. The second-order valence-electron chi connectivity index (χ2n) is 4.34. The SMILES string of the molecule is C=CCc1c(C)nn(C(=O)c2ccccc2Br)c1C. The number of nitrogens with zero attached hydrogens (tertiary/aromatic N) is 2. The van der Waals surface area contributed by atoms with Crippen LogP contribution in [0.2, 0.25) is 0 Å². The van der Waals surface area contributed by atoms with Crippen LogP contribution in [0.4, 0.5) is 0 Å². The van der Waals surface area contributed by atoms with Gasteiger partial charge in [0.2, 0.25) is 0 Å². The van der Waals surface area contributed by atoms with Crippen LogP contribution in [0, 0.1) is 13.8 Å². The predicted octanol–water partition coefficient (Wildman–Crippen LogP) is 3.68. The van der Waals surface area contributed by atoms with E-state index in [1.165, 1.54) is 4.68 Å². The number of aromatic nitrogens is 2. The van der Waals surface area contributed by atoms with Gasteiger partial charge in [-0.3, -0.25) is 4.79 Å². The molecule has 4 heteroatoms. The maximum Gasteiger partial charge on any atom is 0.279 e. The highest BCUT2D eigenvalue weighted by Crippen LogP contribution is 2.20. The Kier molecular flexibility index (Phi) is 4.00. The molecule has 3 nitrogen and oxygen atoms in total. The molecule has 1 aromatic carbocycles. The maximum atomic E-state index is 12.5. The van der Waals surface area contributed by atoms with E-state index >= 15 is 0 Å². The Morgan fingerprint density at radius 3 is 2.74 bits per heavy atom. The third-order valence-electron chi connectivity index (χ3n) is 3.09. The van der Waals surface area contributed by atoms with Crippen LogP contribution in [0.3, 0.4) is 0 Å². The average molecular weight is 319 g/mol. The van der Waals surface area contributed by atoms with Crippen molar-refractivity contribution >= 4 is 21.8 Å². The van der Waals surface area contributed by atoms with Gasteiger partial charge in [-0.15, -0.1) is 6.58 Å². The smallest absolute Gasteiger partial charge is 0.267 e. The Morgan fingerprint density at radius 2 is 2.11 bits per heavy atom. The lowest BCUT2D eigenvalue weighted by Crippen LogP contribution is -2.16. The molecule has 1 aromatic heterocycles. The van der Waals surface area contributed by atoms with Crippen molar-refractivity contribution in [1.29, 1.82) is 0 Å². The highest BCUT2D eigenvalue weighted by Gasteiger charge is 2.18. The fourth-order valence-electron chi connectivity index (χ4n) is 2.06. The quantitative estimate of drug-likeness (QED) is 0.809. The maximum absolute atomic E-state index is 12.5. The van der Waals surface area contributed by atoms with Crippen LogP contribution >= 0.6 is 15.9 Å². The van der Waals surface area contributed by atoms with E-state index in [4.69, 9.17) is 0 Å². The van der Waals surface area contributed by atoms with E-state index in [9.17, 15) is 4.79 Å². The van der Waals surface area contributed by atoms with Crippen molar-refractivity contribution in [3.63, 3.8) is 0 Å². The molecule has 0 aliphatic carbocycles. The number of hydrogen-bond acceptors (Lipinski definition) is 2. The first-order chi connectivity index (χ1) is 9.06. The standard InChI is InChI=1S/C15H15BrN2O/c1-4-7-12-10(2)17-18(11(12)3)15(19)13-8-5-6-9-14(13)16/h4-6,8-9H,1,7H2,2-3H3. The van der Waals surface area contributed by atoms with E-state index < -0.39 is 0 Å². The summed E-state index contributed by atoms with van der Waals surface area (Å²) in [6.07, 6.45) is 2.55. The van der Waals surface area contributed by atoms with Crippen molar-refractivity contribution in [2.24, 2.45) is 0 Å². The van der Waals surface area contributed by atoms with Gasteiger partial charge in [0.05, 0.1) is 11.3 Å². The molecular weight excluding hydrogens is 304 g/mol. The van der Waals surface area contributed by atoms with Gasteiger partial charge in [0, 0.05) is 15.7 Å². The molecule has 2 aromatic rings. The van der Waals surface area contributed by atoms with E-state index in [0.29, 0.717) is 5.56 Å². The fourth-order valence-corrected chi connectivity index (χ4v) is 2.52. The van der Waals surface area contributed by atoms with Gasteiger partial charge in [0.1, 0.15) is 0 Å². The third-order valence-corrected chi connectivity index (χ3v) is 3.78. The zero-order valence-corrected chi connectivity index (χ0v) is 12.6. The van der Waals surface area contributed by atoms with Crippen molar-refractivity contribution in [3.05, 3.63) is 63.9 Å². The van der Waals surface area contributed by atoms with Gasteiger partial charge >= 0.3 is 0 Å². The molecule has 0 saturated heterocycles. The number of halogens is 1. The molecule has 0 fully saturated rings. The molecule has 0 saturated carbocycles. The minimum atomic E-state index is -0.122. The first-order valence-corrected chi connectivity index (χ1v) is 6.80. The molecule has 0 radical (unpaired) electrons. The molecule has 0 bridgehead atoms. The summed E-state index contributed by atoms with van der Waals surface area (Å²) in [5.41, 5.74) is 3.42. The summed E-state index contributed by atoms with van der Waals surface area (Å²) in [6, 6.07) is 7.36. The largest absolute Gasteiger partial charge is 0.279 e. The van der Waals surface area contributed by atoms with E-state index in [0.717, 1.165) is 27.8 Å².